The maximum atomic E-state index is 11.0. The molecule has 70 valence electrons. The summed E-state index contributed by atoms with van der Waals surface area (Å²) in [5.74, 6) is -0.497. The Hall–Kier alpha value is -0.270. The van der Waals surface area contributed by atoms with Crippen molar-refractivity contribution in [3.63, 3.8) is 0 Å². The molecule has 1 heterocycles. The first-order valence-electron chi connectivity index (χ1n) is 3.20. The minimum absolute atomic E-state index is 0.246. The molecule has 0 aromatic heterocycles. The Kier molecular flexibility index (Phi) is 2.64. The molecule has 0 bridgehead atoms. The van der Waals surface area contributed by atoms with E-state index in [-0.39, 0.29) is 5.88 Å². The minimum atomic E-state index is -3.37. The van der Waals surface area contributed by atoms with Crippen molar-refractivity contribution in [2.75, 3.05) is 17.9 Å². The van der Waals surface area contributed by atoms with Crippen molar-refractivity contribution >= 4 is 27.8 Å². The summed E-state index contributed by atoms with van der Waals surface area (Å²) >= 11 is 1.31. The van der Waals surface area contributed by atoms with Crippen LogP contribution in [0.4, 0.5) is 0 Å². The van der Waals surface area contributed by atoms with Crippen LogP contribution in [0.3, 0.4) is 0 Å². The van der Waals surface area contributed by atoms with Gasteiger partial charge in [-0.2, -0.15) is 4.31 Å². The molecule has 1 rings (SSSR count). The molecule has 1 aliphatic rings. The zero-order chi connectivity index (χ0) is 9.35. The molecule has 0 aromatic rings. The van der Waals surface area contributed by atoms with Crippen molar-refractivity contribution in [2.24, 2.45) is 0 Å². The number of carbonyl (C=O) groups is 1. The minimum Gasteiger partial charge on any atom is -0.480 e. The maximum Gasteiger partial charge on any atom is 0.322 e. The highest BCUT2D eigenvalue weighted by Gasteiger charge is 2.36. The van der Waals surface area contributed by atoms with Crippen LogP contribution >= 0.6 is 11.8 Å². The van der Waals surface area contributed by atoms with E-state index < -0.39 is 22.0 Å². The summed E-state index contributed by atoms with van der Waals surface area (Å²) in [5, 5.41) is 8.63. The molecule has 0 spiro atoms. The van der Waals surface area contributed by atoms with Crippen molar-refractivity contribution in [3.8, 4) is 0 Å². The first-order chi connectivity index (χ1) is 5.43. The fourth-order valence-corrected chi connectivity index (χ4v) is 3.67. The van der Waals surface area contributed by atoms with Crippen LogP contribution in [0.2, 0.25) is 0 Å². The lowest BCUT2D eigenvalue weighted by Gasteiger charge is -2.16. The van der Waals surface area contributed by atoms with Crippen LogP contribution in [0.5, 0.6) is 0 Å². The van der Waals surface area contributed by atoms with Gasteiger partial charge in [0, 0.05) is 5.75 Å². The quantitative estimate of drug-likeness (QED) is 0.660. The van der Waals surface area contributed by atoms with E-state index in [9.17, 15) is 13.2 Å². The van der Waals surface area contributed by atoms with E-state index in [1.165, 1.54) is 11.8 Å². The van der Waals surface area contributed by atoms with Crippen LogP contribution in [-0.4, -0.2) is 47.7 Å². The number of thioether (sulfide) groups is 1. The zero-order valence-corrected chi connectivity index (χ0v) is 8.06. The summed E-state index contributed by atoms with van der Waals surface area (Å²) < 4.78 is 23.0. The number of carboxylic acid groups (broad SMARTS) is 1. The molecule has 0 aliphatic carbocycles. The monoisotopic (exact) mass is 211 g/mol. The first-order valence-corrected chi connectivity index (χ1v) is 6.20. The summed E-state index contributed by atoms with van der Waals surface area (Å²) in [6.07, 6.45) is 1.02. The lowest BCUT2D eigenvalue weighted by Crippen LogP contribution is -2.41. The third-order valence-corrected chi connectivity index (χ3v) is 3.96. The average molecular weight is 211 g/mol. The molecule has 1 N–H and O–H groups in total. The highest BCUT2D eigenvalue weighted by molar-refractivity contribution is 8.00. The van der Waals surface area contributed by atoms with E-state index >= 15 is 0 Å². The number of nitrogens with zero attached hydrogens (tertiary/aromatic N) is 1. The van der Waals surface area contributed by atoms with Gasteiger partial charge in [-0.05, 0) is 0 Å². The van der Waals surface area contributed by atoms with Crippen molar-refractivity contribution in [1.82, 2.24) is 4.31 Å². The Bertz CT molecular complexity index is 286. The van der Waals surface area contributed by atoms with Gasteiger partial charge in [0.05, 0.1) is 12.1 Å². The third kappa shape index (κ3) is 1.90. The van der Waals surface area contributed by atoms with Crippen LogP contribution in [-0.2, 0) is 14.8 Å². The van der Waals surface area contributed by atoms with Gasteiger partial charge in [0.15, 0.2) is 0 Å². The highest BCUT2D eigenvalue weighted by Crippen LogP contribution is 2.23. The number of carboxylic acids is 1. The standard InChI is InChI=1S/C5H9NO4S2/c1-12(9,10)6-3-11-2-4(6)5(7)8/h4H,2-3H2,1H3,(H,7,8). The first kappa shape index (κ1) is 9.82. The van der Waals surface area contributed by atoms with E-state index in [2.05, 4.69) is 0 Å². The number of hydrogen-bond acceptors (Lipinski definition) is 4. The van der Waals surface area contributed by atoms with Gasteiger partial charge in [-0.25, -0.2) is 8.42 Å². The van der Waals surface area contributed by atoms with E-state index in [1.807, 2.05) is 0 Å². The third-order valence-electron chi connectivity index (χ3n) is 1.55. The molecule has 5 nitrogen and oxygen atoms in total. The largest absolute Gasteiger partial charge is 0.480 e. The summed E-state index contributed by atoms with van der Waals surface area (Å²) in [6, 6.07) is -0.884. The summed E-state index contributed by atoms with van der Waals surface area (Å²) in [5.41, 5.74) is 0. The van der Waals surface area contributed by atoms with Gasteiger partial charge in [-0.15, -0.1) is 11.8 Å². The number of hydrogen-bond donors (Lipinski definition) is 1. The molecule has 1 unspecified atom stereocenters. The van der Waals surface area contributed by atoms with Gasteiger partial charge < -0.3 is 5.11 Å². The van der Waals surface area contributed by atoms with Crippen molar-refractivity contribution in [3.05, 3.63) is 0 Å². The van der Waals surface area contributed by atoms with E-state index in [4.69, 9.17) is 5.11 Å². The zero-order valence-electron chi connectivity index (χ0n) is 6.43. The van der Waals surface area contributed by atoms with Crippen LogP contribution in [0.1, 0.15) is 0 Å². The molecule has 0 radical (unpaired) electrons. The Morgan fingerprint density at radius 1 is 1.67 bits per heavy atom. The molecule has 0 aromatic carbocycles. The normalized spacial score (nSPS) is 25.9. The number of sulfonamides is 1. The van der Waals surface area contributed by atoms with Gasteiger partial charge >= 0.3 is 5.97 Å². The lowest BCUT2D eigenvalue weighted by molar-refractivity contribution is -0.140. The van der Waals surface area contributed by atoms with E-state index in [0.29, 0.717) is 5.75 Å². The predicted molar refractivity (Wildman–Crippen MR) is 45.4 cm³/mol. The van der Waals surface area contributed by atoms with Gasteiger partial charge in [0.1, 0.15) is 6.04 Å². The molecule has 1 saturated heterocycles. The van der Waals surface area contributed by atoms with Crippen LogP contribution in [0.15, 0.2) is 0 Å². The van der Waals surface area contributed by atoms with Gasteiger partial charge in [-0.3, -0.25) is 4.79 Å². The Labute approximate surface area is 74.8 Å². The summed E-state index contributed by atoms with van der Waals surface area (Å²) in [4.78, 5) is 10.5. The second-order valence-electron chi connectivity index (χ2n) is 2.50. The topological polar surface area (TPSA) is 74.7 Å². The van der Waals surface area contributed by atoms with E-state index in [1.54, 1.807) is 0 Å². The fourth-order valence-electron chi connectivity index (χ4n) is 0.949. The summed E-state index contributed by atoms with van der Waals surface area (Å²) in [7, 11) is -3.37. The molecule has 0 saturated carbocycles. The Balaban J connectivity index is 2.85. The number of rotatable bonds is 2. The molecule has 1 fully saturated rings. The van der Waals surface area contributed by atoms with Crippen LogP contribution in [0, 0.1) is 0 Å². The highest BCUT2D eigenvalue weighted by atomic mass is 32.2. The second kappa shape index (κ2) is 3.23. The Morgan fingerprint density at radius 2 is 2.25 bits per heavy atom. The smallest absolute Gasteiger partial charge is 0.322 e. The fraction of sp³-hybridized carbons (Fsp3) is 0.800. The molecular formula is C5H9NO4S2. The van der Waals surface area contributed by atoms with Crippen LogP contribution in [0.25, 0.3) is 0 Å². The SMILES string of the molecule is CS(=O)(=O)N1CSCC1C(=O)O. The van der Waals surface area contributed by atoms with Gasteiger partial charge in [0.2, 0.25) is 10.0 Å². The molecule has 7 heteroatoms. The van der Waals surface area contributed by atoms with Gasteiger partial charge in [0.25, 0.3) is 0 Å². The number of aliphatic carboxylic acids is 1. The lowest BCUT2D eigenvalue weighted by atomic mass is 10.4. The molecule has 0 amide bonds. The maximum absolute atomic E-state index is 11.0. The van der Waals surface area contributed by atoms with Crippen molar-refractivity contribution in [2.45, 2.75) is 6.04 Å². The van der Waals surface area contributed by atoms with E-state index in [0.717, 1.165) is 10.6 Å². The average Bonchev–Trinajstić information content (AvgIpc) is 2.30. The second-order valence-corrected chi connectivity index (χ2v) is 5.44. The summed E-state index contributed by atoms with van der Waals surface area (Å²) in [6.45, 7) is 0. The molecule has 1 aliphatic heterocycles. The Morgan fingerprint density at radius 3 is 2.58 bits per heavy atom. The van der Waals surface area contributed by atoms with Gasteiger partial charge in [-0.1, -0.05) is 0 Å². The molecule has 1 atom stereocenters. The molecule has 12 heavy (non-hydrogen) atoms. The predicted octanol–water partition coefficient (Wildman–Crippen LogP) is -0.595. The van der Waals surface area contributed by atoms with Crippen molar-refractivity contribution < 1.29 is 18.3 Å². The molecular weight excluding hydrogens is 202 g/mol. The van der Waals surface area contributed by atoms with Crippen LogP contribution < -0.4 is 0 Å². The van der Waals surface area contributed by atoms with Crippen molar-refractivity contribution in [1.29, 1.82) is 0 Å².